The predicted octanol–water partition coefficient (Wildman–Crippen LogP) is 1.49. The Hall–Kier alpha value is -1.60. The van der Waals surface area contributed by atoms with E-state index in [-0.39, 0.29) is 6.10 Å². The lowest BCUT2D eigenvalue weighted by molar-refractivity contribution is 0.0529. The minimum atomic E-state index is 0.197. The molecule has 1 aromatic rings. The van der Waals surface area contributed by atoms with Crippen molar-refractivity contribution in [2.75, 3.05) is 24.6 Å². The van der Waals surface area contributed by atoms with E-state index in [1.807, 2.05) is 19.9 Å². The molecule has 16 heavy (non-hydrogen) atoms. The van der Waals surface area contributed by atoms with Crippen LogP contribution in [0.4, 0.5) is 5.82 Å². The van der Waals surface area contributed by atoms with Crippen molar-refractivity contribution >= 4 is 5.82 Å². The molecule has 2 heterocycles. The van der Waals surface area contributed by atoms with Crippen molar-refractivity contribution in [2.45, 2.75) is 20.0 Å². The summed E-state index contributed by atoms with van der Waals surface area (Å²) in [5.74, 6) is 0.789. The van der Waals surface area contributed by atoms with Gasteiger partial charge < -0.3 is 9.64 Å². The average Bonchev–Trinajstić information content (AvgIpc) is 2.28. The first-order valence-electron chi connectivity index (χ1n) is 5.44. The van der Waals surface area contributed by atoms with E-state index in [9.17, 15) is 0 Å². The highest BCUT2D eigenvalue weighted by Crippen LogP contribution is 2.21. The summed E-state index contributed by atoms with van der Waals surface area (Å²) in [6.45, 7) is 6.27. The number of ether oxygens (including phenoxy) is 1. The second kappa shape index (κ2) is 4.50. The summed E-state index contributed by atoms with van der Waals surface area (Å²) in [6.07, 6.45) is 1.95. The van der Waals surface area contributed by atoms with Gasteiger partial charge in [0.15, 0.2) is 0 Å². The Morgan fingerprint density at radius 3 is 3.12 bits per heavy atom. The lowest BCUT2D eigenvalue weighted by Gasteiger charge is -2.32. The fourth-order valence-corrected chi connectivity index (χ4v) is 1.93. The van der Waals surface area contributed by atoms with E-state index >= 15 is 0 Å². The first-order chi connectivity index (χ1) is 7.72. The number of nitriles is 1. The maximum absolute atomic E-state index is 9.15. The quantitative estimate of drug-likeness (QED) is 0.715. The second-order valence-corrected chi connectivity index (χ2v) is 4.07. The number of hydrogen-bond acceptors (Lipinski definition) is 4. The van der Waals surface area contributed by atoms with E-state index in [0.29, 0.717) is 12.2 Å². The Balaban J connectivity index is 2.33. The van der Waals surface area contributed by atoms with Crippen LogP contribution in [0.2, 0.25) is 0 Å². The van der Waals surface area contributed by atoms with Crippen LogP contribution >= 0.6 is 0 Å². The number of nitrogens with zero attached hydrogens (tertiary/aromatic N) is 3. The van der Waals surface area contributed by atoms with E-state index in [2.05, 4.69) is 16.0 Å². The molecule has 1 aromatic heterocycles. The molecule has 0 N–H and O–H groups in total. The van der Waals surface area contributed by atoms with Gasteiger partial charge in [-0.3, -0.25) is 0 Å². The van der Waals surface area contributed by atoms with E-state index < -0.39 is 0 Å². The summed E-state index contributed by atoms with van der Waals surface area (Å²) < 4.78 is 5.48. The molecule has 1 saturated heterocycles. The van der Waals surface area contributed by atoms with Gasteiger partial charge in [0.2, 0.25) is 0 Å². The smallest absolute Gasteiger partial charge is 0.146 e. The molecule has 0 aromatic carbocycles. The van der Waals surface area contributed by atoms with Gasteiger partial charge in [-0.15, -0.1) is 0 Å². The highest BCUT2D eigenvalue weighted by Gasteiger charge is 2.20. The first-order valence-corrected chi connectivity index (χ1v) is 5.44. The number of aryl methyl sites for hydroxylation is 1. The molecule has 0 bridgehead atoms. The lowest BCUT2D eigenvalue weighted by atomic mass is 10.1. The fourth-order valence-electron chi connectivity index (χ4n) is 1.93. The van der Waals surface area contributed by atoms with Crippen molar-refractivity contribution in [1.82, 2.24) is 4.98 Å². The highest BCUT2D eigenvalue weighted by molar-refractivity contribution is 5.57. The Bertz CT molecular complexity index is 425. The Labute approximate surface area is 95.5 Å². The van der Waals surface area contributed by atoms with Crippen molar-refractivity contribution in [3.05, 3.63) is 23.4 Å². The number of morpholine rings is 1. The minimum Gasteiger partial charge on any atom is -0.375 e. The predicted molar refractivity (Wildman–Crippen MR) is 61.3 cm³/mol. The SMILES string of the molecule is Cc1ccnc(N2CCOC(C)C2)c1C#N. The highest BCUT2D eigenvalue weighted by atomic mass is 16.5. The van der Waals surface area contributed by atoms with Crippen LogP contribution in [0, 0.1) is 18.3 Å². The van der Waals surface area contributed by atoms with Crippen molar-refractivity contribution < 1.29 is 4.74 Å². The molecule has 1 aliphatic heterocycles. The van der Waals surface area contributed by atoms with Crippen LogP contribution in [0.25, 0.3) is 0 Å². The maximum atomic E-state index is 9.15. The van der Waals surface area contributed by atoms with Crippen molar-refractivity contribution in [1.29, 1.82) is 5.26 Å². The van der Waals surface area contributed by atoms with Crippen LogP contribution < -0.4 is 4.90 Å². The number of hydrogen-bond donors (Lipinski definition) is 0. The largest absolute Gasteiger partial charge is 0.375 e. The van der Waals surface area contributed by atoms with E-state index in [0.717, 1.165) is 24.5 Å². The van der Waals surface area contributed by atoms with Crippen LogP contribution in [0.5, 0.6) is 0 Å². The van der Waals surface area contributed by atoms with Gasteiger partial charge in [0.05, 0.1) is 18.3 Å². The van der Waals surface area contributed by atoms with Crippen LogP contribution in [-0.4, -0.2) is 30.8 Å². The number of aromatic nitrogens is 1. The number of pyridine rings is 1. The third-order valence-corrected chi connectivity index (χ3v) is 2.79. The Morgan fingerprint density at radius 2 is 2.44 bits per heavy atom. The monoisotopic (exact) mass is 217 g/mol. The van der Waals surface area contributed by atoms with E-state index in [1.54, 1.807) is 6.20 Å². The molecule has 1 atom stereocenters. The van der Waals surface area contributed by atoms with Crippen LogP contribution in [0.15, 0.2) is 12.3 Å². The summed E-state index contributed by atoms with van der Waals surface area (Å²) in [6, 6.07) is 4.10. The van der Waals surface area contributed by atoms with Crippen LogP contribution in [0.3, 0.4) is 0 Å². The molecule has 0 spiro atoms. The fraction of sp³-hybridized carbons (Fsp3) is 0.500. The van der Waals surface area contributed by atoms with Crippen LogP contribution in [-0.2, 0) is 4.74 Å². The zero-order valence-corrected chi connectivity index (χ0v) is 9.60. The van der Waals surface area contributed by atoms with Gasteiger partial charge in [0, 0.05) is 19.3 Å². The van der Waals surface area contributed by atoms with Gasteiger partial charge in [-0.1, -0.05) is 0 Å². The molecule has 4 nitrogen and oxygen atoms in total. The minimum absolute atomic E-state index is 0.197. The molecule has 0 radical (unpaired) electrons. The standard InChI is InChI=1S/C12H15N3O/c1-9-3-4-14-12(11(9)7-13)15-5-6-16-10(2)8-15/h3-4,10H,5-6,8H2,1-2H3. The molecule has 1 fully saturated rings. The Kier molecular flexibility index (Phi) is 3.07. The van der Waals surface area contributed by atoms with E-state index in [1.165, 1.54) is 0 Å². The van der Waals surface area contributed by atoms with Crippen molar-refractivity contribution in [3.63, 3.8) is 0 Å². The molecule has 84 valence electrons. The molecule has 4 heteroatoms. The van der Waals surface area contributed by atoms with Crippen LogP contribution in [0.1, 0.15) is 18.1 Å². The summed E-state index contributed by atoms with van der Waals surface area (Å²) >= 11 is 0. The van der Waals surface area contributed by atoms with E-state index in [4.69, 9.17) is 10.00 Å². The van der Waals surface area contributed by atoms with Crippen molar-refractivity contribution in [2.24, 2.45) is 0 Å². The van der Waals surface area contributed by atoms with Crippen molar-refractivity contribution in [3.8, 4) is 6.07 Å². The maximum Gasteiger partial charge on any atom is 0.146 e. The van der Waals surface area contributed by atoms with Gasteiger partial charge in [-0.25, -0.2) is 4.98 Å². The summed E-state index contributed by atoms with van der Waals surface area (Å²) in [5.41, 5.74) is 1.66. The van der Waals surface area contributed by atoms with Gasteiger partial charge in [0.1, 0.15) is 11.9 Å². The molecule has 1 unspecified atom stereocenters. The molecule has 1 aliphatic rings. The van der Waals surface area contributed by atoms with Gasteiger partial charge in [-0.2, -0.15) is 5.26 Å². The number of rotatable bonds is 1. The summed E-state index contributed by atoms with van der Waals surface area (Å²) in [7, 11) is 0. The normalized spacial score (nSPS) is 20.6. The first kappa shape index (κ1) is 10.9. The van der Waals surface area contributed by atoms with Gasteiger partial charge in [0.25, 0.3) is 0 Å². The Morgan fingerprint density at radius 1 is 1.62 bits per heavy atom. The van der Waals surface area contributed by atoms with Gasteiger partial charge in [-0.05, 0) is 25.5 Å². The zero-order chi connectivity index (χ0) is 11.5. The second-order valence-electron chi connectivity index (χ2n) is 4.07. The molecule has 0 saturated carbocycles. The third-order valence-electron chi connectivity index (χ3n) is 2.79. The lowest BCUT2D eigenvalue weighted by Crippen LogP contribution is -2.42. The average molecular weight is 217 g/mol. The topological polar surface area (TPSA) is 49.2 Å². The summed E-state index contributed by atoms with van der Waals surface area (Å²) in [4.78, 5) is 6.44. The third kappa shape index (κ3) is 2.00. The number of anilines is 1. The molecular weight excluding hydrogens is 202 g/mol. The molecule has 0 aliphatic carbocycles. The van der Waals surface area contributed by atoms with Gasteiger partial charge >= 0.3 is 0 Å². The summed E-state index contributed by atoms with van der Waals surface area (Å²) in [5, 5.41) is 9.15. The molecule has 2 rings (SSSR count). The molecular formula is C12H15N3O. The zero-order valence-electron chi connectivity index (χ0n) is 9.60. The molecule has 0 amide bonds.